The zero-order chi connectivity index (χ0) is 19.1. The number of anilines is 2. The molecular formula is C21H20FN3O2. The first-order valence-corrected chi connectivity index (χ1v) is 8.95. The summed E-state index contributed by atoms with van der Waals surface area (Å²) in [6.45, 7) is 4.47. The van der Waals surface area contributed by atoms with E-state index < -0.39 is 5.82 Å². The number of para-hydroxylation sites is 1. The number of aromatic nitrogens is 1. The fourth-order valence-corrected chi connectivity index (χ4v) is 3.57. The van der Waals surface area contributed by atoms with Gasteiger partial charge in [0, 0.05) is 29.7 Å². The second-order valence-corrected chi connectivity index (χ2v) is 6.87. The van der Waals surface area contributed by atoms with Gasteiger partial charge in [0.25, 0.3) is 5.91 Å². The Morgan fingerprint density at radius 2 is 2.04 bits per heavy atom. The normalized spacial score (nSPS) is 14.2. The van der Waals surface area contributed by atoms with Gasteiger partial charge in [0.15, 0.2) is 0 Å². The van der Waals surface area contributed by atoms with Crippen molar-refractivity contribution in [2.45, 2.75) is 26.7 Å². The molecule has 0 radical (unpaired) electrons. The molecule has 27 heavy (non-hydrogen) atoms. The van der Waals surface area contributed by atoms with Crippen LogP contribution in [0.5, 0.6) is 0 Å². The molecule has 0 saturated carbocycles. The standard InChI is InChI=1S/C21H20FN3O2/c1-12-13(2)23-20-15(12)5-3-6-16(20)21(27)24-14-8-9-17(22)18(11-14)25-10-4-7-19(25)26/h3,5-6,8-9,11,23H,4,7,10H2,1-2H3,(H,24,27). The van der Waals surface area contributed by atoms with Crippen LogP contribution < -0.4 is 10.2 Å². The van der Waals surface area contributed by atoms with Gasteiger partial charge < -0.3 is 15.2 Å². The van der Waals surface area contributed by atoms with E-state index in [0.717, 1.165) is 22.2 Å². The highest BCUT2D eigenvalue weighted by Crippen LogP contribution is 2.29. The van der Waals surface area contributed by atoms with Crippen LogP contribution in [-0.4, -0.2) is 23.3 Å². The van der Waals surface area contributed by atoms with Crippen LogP contribution in [0.15, 0.2) is 36.4 Å². The van der Waals surface area contributed by atoms with Crippen molar-refractivity contribution in [2.75, 3.05) is 16.8 Å². The van der Waals surface area contributed by atoms with Gasteiger partial charge in [0.2, 0.25) is 5.91 Å². The van der Waals surface area contributed by atoms with Crippen LogP contribution in [0.1, 0.15) is 34.5 Å². The van der Waals surface area contributed by atoms with Gasteiger partial charge in [0.1, 0.15) is 5.82 Å². The first-order chi connectivity index (χ1) is 13.0. The third-order valence-corrected chi connectivity index (χ3v) is 5.16. The number of nitrogens with zero attached hydrogens (tertiary/aromatic N) is 1. The van der Waals surface area contributed by atoms with Crippen LogP contribution in [0.4, 0.5) is 15.8 Å². The van der Waals surface area contributed by atoms with E-state index in [1.807, 2.05) is 26.0 Å². The van der Waals surface area contributed by atoms with Crippen molar-refractivity contribution >= 4 is 34.1 Å². The maximum Gasteiger partial charge on any atom is 0.257 e. The lowest BCUT2D eigenvalue weighted by Gasteiger charge is -2.17. The van der Waals surface area contributed by atoms with Gasteiger partial charge in [-0.1, -0.05) is 12.1 Å². The van der Waals surface area contributed by atoms with E-state index in [9.17, 15) is 14.0 Å². The number of amides is 2. The van der Waals surface area contributed by atoms with E-state index >= 15 is 0 Å². The highest BCUT2D eigenvalue weighted by atomic mass is 19.1. The first kappa shape index (κ1) is 17.3. The molecule has 1 aromatic heterocycles. The molecule has 4 rings (SSSR count). The molecule has 138 valence electrons. The summed E-state index contributed by atoms with van der Waals surface area (Å²) in [6, 6.07) is 9.86. The van der Waals surface area contributed by atoms with Crippen molar-refractivity contribution in [3.8, 4) is 0 Å². The second kappa shape index (κ2) is 6.54. The Kier molecular flexibility index (Phi) is 4.18. The molecule has 1 fully saturated rings. The molecule has 5 nitrogen and oxygen atoms in total. The largest absolute Gasteiger partial charge is 0.358 e. The lowest BCUT2D eigenvalue weighted by molar-refractivity contribution is -0.117. The van der Waals surface area contributed by atoms with Crippen molar-refractivity contribution in [1.82, 2.24) is 4.98 Å². The van der Waals surface area contributed by atoms with E-state index in [1.54, 1.807) is 6.07 Å². The molecule has 2 aromatic carbocycles. The quantitative estimate of drug-likeness (QED) is 0.727. The van der Waals surface area contributed by atoms with Gasteiger partial charge >= 0.3 is 0 Å². The third-order valence-electron chi connectivity index (χ3n) is 5.16. The lowest BCUT2D eigenvalue weighted by Crippen LogP contribution is -2.25. The van der Waals surface area contributed by atoms with Crippen molar-refractivity contribution in [2.24, 2.45) is 0 Å². The molecule has 3 aromatic rings. The van der Waals surface area contributed by atoms with E-state index in [2.05, 4.69) is 10.3 Å². The van der Waals surface area contributed by atoms with Crippen molar-refractivity contribution < 1.29 is 14.0 Å². The van der Waals surface area contributed by atoms with Gasteiger partial charge in [-0.05, 0) is 50.1 Å². The Morgan fingerprint density at radius 3 is 2.78 bits per heavy atom. The Labute approximate surface area is 156 Å². The van der Waals surface area contributed by atoms with E-state index in [0.29, 0.717) is 30.6 Å². The molecule has 1 aliphatic rings. The van der Waals surface area contributed by atoms with Crippen LogP contribution >= 0.6 is 0 Å². The molecule has 2 N–H and O–H groups in total. The average molecular weight is 365 g/mol. The number of nitrogens with one attached hydrogen (secondary N) is 2. The fraction of sp³-hybridized carbons (Fsp3) is 0.238. The van der Waals surface area contributed by atoms with E-state index in [1.165, 1.54) is 23.1 Å². The van der Waals surface area contributed by atoms with Crippen LogP contribution in [0.3, 0.4) is 0 Å². The predicted molar refractivity (Wildman–Crippen MR) is 104 cm³/mol. The number of H-pyrrole nitrogens is 1. The summed E-state index contributed by atoms with van der Waals surface area (Å²) in [7, 11) is 0. The molecule has 0 spiro atoms. The number of hydrogen-bond donors (Lipinski definition) is 2. The summed E-state index contributed by atoms with van der Waals surface area (Å²) >= 11 is 0. The van der Waals surface area contributed by atoms with E-state index in [4.69, 9.17) is 0 Å². The number of carbonyl (C=O) groups excluding carboxylic acids is 2. The molecule has 2 amide bonds. The number of hydrogen-bond acceptors (Lipinski definition) is 2. The molecule has 0 atom stereocenters. The Bertz CT molecular complexity index is 1070. The zero-order valence-electron chi connectivity index (χ0n) is 15.2. The number of carbonyl (C=O) groups is 2. The van der Waals surface area contributed by atoms with Crippen molar-refractivity contribution in [3.05, 3.63) is 59.0 Å². The average Bonchev–Trinajstić information content (AvgIpc) is 3.20. The number of benzene rings is 2. The summed E-state index contributed by atoms with van der Waals surface area (Å²) < 4.78 is 14.2. The van der Waals surface area contributed by atoms with Crippen LogP contribution in [0, 0.1) is 19.7 Å². The van der Waals surface area contributed by atoms with Gasteiger partial charge in [-0.3, -0.25) is 9.59 Å². The Morgan fingerprint density at radius 1 is 1.22 bits per heavy atom. The third kappa shape index (κ3) is 2.97. The van der Waals surface area contributed by atoms with Gasteiger partial charge in [-0.2, -0.15) is 0 Å². The molecule has 1 saturated heterocycles. The number of aromatic amines is 1. The maximum absolute atomic E-state index is 14.2. The lowest BCUT2D eigenvalue weighted by atomic mass is 10.1. The van der Waals surface area contributed by atoms with Crippen LogP contribution in [-0.2, 0) is 4.79 Å². The summed E-state index contributed by atoms with van der Waals surface area (Å²) in [6.07, 6.45) is 1.13. The predicted octanol–water partition coefficient (Wildman–Crippen LogP) is 4.30. The minimum Gasteiger partial charge on any atom is -0.358 e. The van der Waals surface area contributed by atoms with Gasteiger partial charge in [0.05, 0.1) is 16.8 Å². The summed E-state index contributed by atoms with van der Waals surface area (Å²) in [5, 5.41) is 3.82. The fourth-order valence-electron chi connectivity index (χ4n) is 3.57. The monoisotopic (exact) mass is 365 g/mol. The zero-order valence-corrected chi connectivity index (χ0v) is 15.2. The molecule has 0 unspecified atom stereocenters. The smallest absolute Gasteiger partial charge is 0.257 e. The van der Waals surface area contributed by atoms with Crippen LogP contribution in [0.25, 0.3) is 10.9 Å². The highest BCUT2D eigenvalue weighted by Gasteiger charge is 2.24. The van der Waals surface area contributed by atoms with Crippen molar-refractivity contribution in [1.29, 1.82) is 0 Å². The molecule has 1 aliphatic heterocycles. The number of rotatable bonds is 3. The Balaban J connectivity index is 1.66. The van der Waals surface area contributed by atoms with E-state index in [-0.39, 0.29) is 17.5 Å². The molecule has 0 aliphatic carbocycles. The summed E-state index contributed by atoms with van der Waals surface area (Å²) in [5.74, 6) is -0.854. The molecule has 6 heteroatoms. The maximum atomic E-state index is 14.2. The minimum absolute atomic E-state index is 0.0977. The topological polar surface area (TPSA) is 65.2 Å². The number of halogens is 1. The van der Waals surface area contributed by atoms with Crippen molar-refractivity contribution in [3.63, 3.8) is 0 Å². The first-order valence-electron chi connectivity index (χ1n) is 8.95. The molecule has 2 heterocycles. The Hall–Kier alpha value is -3.15. The minimum atomic E-state index is -0.471. The summed E-state index contributed by atoms with van der Waals surface area (Å²) in [5.41, 5.74) is 4.08. The molecule has 0 bridgehead atoms. The SMILES string of the molecule is Cc1[nH]c2c(C(=O)Nc3ccc(F)c(N4CCCC4=O)c3)cccc2c1C. The van der Waals surface area contributed by atoms with Crippen LogP contribution in [0.2, 0.25) is 0 Å². The van der Waals surface area contributed by atoms with Gasteiger partial charge in [-0.15, -0.1) is 0 Å². The highest BCUT2D eigenvalue weighted by molar-refractivity contribution is 6.12. The molecular weight excluding hydrogens is 345 g/mol. The van der Waals surface area contributed by atoms with Gasteiger partial charge in [-0.25, -0.2) is 4.39 Å². The summed E-state index contributed by atoms with van der Waals surface area (Å²) in [4.78, 5) is 29.4. The number of aryl methyl sites for hydroxylation is 2. The number of fused-ring (bicyclic) bond motifs is 1. The second-order valence-electron chi connectivity index (χ2n) is 6.87.